The van der Waals surface area contributed by atoms with Crippen LogP contribution in [0.5, 0.6) is 0 Å². The average molecular weight is 647 g/mol. The van der Waals surface area contributed by atoms with E-state index >= 15 is 0 Å². The maximum absolute atomic E-state index is 14.2. The molecule has 0 bridgehead atoms. The Morgan fingerprint density at radius 1 is 0.348 bits per heavy atom. The summed E-state index contributed by atoms with van der Waals surface area (Å²) in [5.74, 6) is -15.9. The van der Waals surface area contributed by atoms with E-state index < -0.39 is 105 Å². The zero-order valence-electron chi connectivity index (χ0n) is 26.0. The summed E-state index contributed by atoms with van der Waals surface area (Å²) in [6.07, 6.45) is 0. The molecule has 16 nitrogen and oxygen atoms in total. The second-order valence-electron chi connectivity index (χ2n) is 11.9. The Morgan fingerprint density at radius 2 is 0.522 bits per heavy atom. The van der Waals surface area contributed by atoms with E-state index in [9.17, 15) is 38.4 Å². The van der Waals surface area contributed by atoms with Crippen molar-refractivity contribution in [2.45, 2.75) is 0 Å². The van der Waals surface area contributed by atoms with Gasteiger partial charge >= 0.3 is 47.8 Å². The summed E-state index contributed by atoms with van der Waals surface area (Å²) in [4.78, 5) is 109. The van der Waals surface area contributed by atoms with E-state index in [1.54, 1.807) is 0 Å². The largest absolute Gasteiger partial charge is 0.469 e. The predicted octanol–water partition coefficient (Wildman–Crippen LogP) is -1.31. The maximum atomic E-state index is 14.2. The molecule has 0 saturated heterocycles. The van der Waals surface area contributed by atoms with Gasteiger partial charge in [0, 0.05) is 23.7 Å². The van der Waals surface area contributed by atoms with Crippen molar-refractivity contribution >= 4 is 47.8 Å². The molecule has 0 heterocycles. The van der Waals surface area contributed by atoms with E-state index in [-0.39, 0.29) is 22.3 Å². The molecule has 6 aliphatic carbocycles. The van der Waals surface area contributed by atoms with Gasteiger partial charge in [-0.3, -0.25) is 19.2 Å². The molecule has 0 spiro atoms. The van der Waals surface area contributed by atoms with Gasteiger partial charge in [-0.1, -0.05) is 0 Å². The van der Waals surface area contributed by atoms with Crippen molar-refractivity contribution in [2.24, 2.45) is 57.2 Å². The van der Waals surface area contributed by atoms with Crippen LogP contribution in [0.1, 0.15) is 0 Å². The summed E-state index contributed by atoms with van der Waals surface area (Å²) < 4.78 is 40.7. The van der Waals surface area contributed by atoms with Gasteiger partial charge in [-0.25, -0.2) is 19.2 Å². The van der Waals surface area contributed by atoms with Gasteiger partial charge in [0.2, 0.25) is 0 Å². The fourth-order valence-corrected chi connectivity index (χ4v) is 11.1. The first-order valence-electron chi connectivity index (χ1n) is 14.0. The van der Waals surface area contributed by atoms with Crippen molar-refractivity contribution in [2.75, 3.05) is 56.9 Å². The van der Waals surface area contributed by atoms with Gasteiger partial charge in [0.05, 0.1) is 101 Å². The quantitative estimate of drug-likeness (QED) is 0.170. The number of hydrogen-bond donors (Lipinski definition) is 0. The summed E-state index contributed by atoms with van der Waals surface area (Å²) >= 11 is 0. The Morgan fingerprint density at radius 3 is 0.652 bits per heavy atom. The molecule has 246 valence electrons. The van der Waals surface area contributed by atoms with Gasteiger partial charge < -0.3 is 37.9 Å². The standard InChI is InChI=1S/C30H30O16/c1-39-19(31)9-10(20(32)40-2)14-13(9)27(23(35)43-5)17-18(28(14,27)24(36)44-6)30(26(38)46-8)16-12(22(34)42-4)11(21(33)41-3)15(16)29(17,30)25(37)45-7/h13-18H,1-8H3/t13-,14+,15+,16-,17?,18?,27-,28+,29+,30-. The van der Waals surface area contributed by atoms with Crippen LogP contribution in [0.3, 0.4) is 0 Å². The fourth-order valence-electron chi connectivity index (χ4n) is 11.1. The smallest absolute Gasteiger partial charge is 0.334 e. The van der Waals surface area contributed by atoms with Crippen molar-refractivity contribution < 1.29 is 76.3 Å². The Bertz CT molecular complexity index is 1420. The molecule has 0 aliphatic heterocycles. The lowest BCUT2D eigenvalue weighted by Crippen LogP contribution is -3.06. The molecule has 0 radical (unpaired) electrons. The van der Waals surface area contributed by atoms with E-state index in [0.717, 1.165) is 56.9 Å². The topological polar surface area (TPSA) is 210 Å². The molecule has 4 fully saturated rings. The highest BCUT2D eigenvalue weighted by molar-refractivity contribution is 6.16. The van der Waals surface area contributed by atoms with Crippen molar-refractivity contribution in [1.82, 2.24) is 0 Å². The van der Waals surface area contributed by atoms with Crippen molar-refractivity contribution in [1.29, 1.82) is 0 Å². The second-order valence-corrected chi connectivity index (χ2v) is 11.9. The molecule has 0 N–H and O–H groups in total. The molecular formula is C30H30O16. The molecule has 46 heavy (non-hydrogen) atoms. The highest BCUT2D eigenvalue weighted by Gasteiger charge is 3.13. The number of hydrogen-bond acceptors (Lipinski definition) is 16. The highest BCUT2D eigenvalue weighted by Crippen LogP contribution is 3.04. The first-order valence-corrected chi connectivity index (χ1v) is 14.0. The third kappa shape index (κ3) is 2.44. The van der Waals surface area contributed by atoms with E-state index in [1.807, 2.05) is 0 Å². The molecule has 0 aromatic heterocycles. The maximum Gasteiger partial charge on any atom is 0.334 e. The third-order valence-electron chi connectivity index (χ3n) is 11.8. The second kappa shape index (κ2) is 9.39. The first-order chi connectivity index (χ1) is 21.8. The van der Waals surface area contributed by atoms with Gasteiger partial charge in [0.25, 0.3) is 0 Å². The van der Waals surface area contributed by atoms with E-state index in [1.165, 1.54) is 0 Å². The van der Waals surface area contributed by atoms with Crippen molar-refractivity contribution in [3.05, 3.63) is 22.3 Å². The number of fused-ring (bicyclic) bond motifs is 13. The van der Waals surface area contributed by atoms with E-state index in [4.69, 9.17) is 37.9 Å². The summed E-state index contributed by atoms with van der Waals surface area (Å²) in [6, 6.07) is 0. The minimum Gasteiger partial charge on any atom is -0.469 e. The molecule has 10 atom stereocenters. The number of ether oxygens (including phenoxy) is 8. The normalized spacial score (nSPS) is 39.3. The van der Waals surface area contributed by atoms with Crippen LogP contribution in [0.25, 0.3) is 0 Å². The van der Waals surface area contributed by atoms with Gasteiger partial charge in [-0.05, 0) is 11.8 Å². The molecule has 6 aliphatic rings. The van der Waals surface area contributed by atoms with Crippen LogP contribution in [0, 0.1) is 57.2 Å². The van der Waals surface area contributed by atoms with Gasteiger partial charge in [0.15, 0.2) is 0 Å². The fraction of sp³-hybridized carbons (Fsp3) is 0.600. The number of esters is 8. The number of rotatable bonds is 8. The molecule has 0 aromatic carbocycles. The molecule has 16 heteroatoms. The van der Waals surface area contributed by atoms with Crippen LogP contribution in [0.4, 0.5) is 0 Å². The lowest BCUT2D eigenvalue weighted by molar-refractivity contribution is -0.495. The van der Waals surface area contributed by atoms with E-state index in [0.29, 0.717) is 0 Å². The highest BCUT2D eigenvalue weighted by atomic mass is 16.6. The summed E-state index contributed by atoms with van der Waals surface area (Å²) in [5.41, 5.74) is -9.53. The van der Waals surface area contributed by atoms with E-state index in [2.05, 4.69) is 0 Å². The Hall–Kier alpha value is -4.76. The molecule has 0 amide bonds. The first kappa shape index (κ1) is 31.2. The number of carbonyl (C=O) groups is 8. The zero-order valence-corrected chi connectivity index (χ0v) is 26.0. The molecule has 2 unspecified atom stereocenters. The Kier molecular flexibility index (Phi) is 6.37. The molecule has 6 rings (SSSR count). The van der Waals surface area contributed by atoms with Crippen LogP contribution in [-0.4, -0.2) is 105 Å². The minimum atomic E-state index is -2.11. The van der Waals surface area contributed by atoms with Crippen LogP contribution in [0.2, 0.25) is 0 Å². The lowest BCUT2D eigenvalue weighted by atomic mass is 9.00. The monoisotopic (exact) mass is 646 g/mol. The van der Waals surface area contributed by atoms with Crippen LogP contribution < -0.4 is 0 Å². The molecular weight excluding hydrogens is 616 g/mol. The average Bonchev–Trinajstić information content (AvgIpc) is 3.05. The number of methoxy groups -OCH3 is 8. The predicted molar refractivity (Wildman–Crippen MR) is 141 cm³/mol. The molecule has 0 aromatic rings. The van der Waals surface area contributed by atoms with Crippen molar-refractivity contribution in [3.8, 4) is 0 Å². The van der Waals surface area contributed by atoms with Gasteiger partial charge in [0.1, 0.15) is 0 Å². The van der Waals surface area contributed by atoms with Crippen LogP contribution >= 0.6 is 0 Å². The Labute approximate surface area is 260 Å². The number of carbonyl (C=O) groups excluding carboxylic acids is 8. The van der Waals surface area contributed by atoms with Gasteiger partial charge in [-0.2, -0.15) is 0 Å². The summed E-state index contributed by atoms with van der Waals surface area (Å²) in [6.45, 7) is 0. The van der Waals surface area contributed by atoms with Crippen LogP contribution in [-0.2, 0) is 76.3 Å². The third-order valence-corrected chi connectivity index (χ3v) is 11.8. The summed E-state index contributed by atoms with van der Waals surface area (Å²) in [5, 5.41) is 0. The SMILES string of the molecule is COC(=O)C1=C(C(=O)OC)[C@H]2[C@@H]1[C@]1(C(=O)OC)C3C([C@@]4(C(=O)OC)[C@@H]5C(C(=O)OC)=C(C(=O)OC)[C@@H]5[C@@]34C(=O)OC)[C@]21C(=O)OC. The molecule has 4 saturated carbocycles. The summed E-state index contributed by atoms with van der Waals surface area (Å²) in [7, 11) is 8.30. The lowest BCUT2D eigenvalue weighted by Gasteiger charge is -2.97. The van der Waals surface area contributed by atoms with Crippen molar-refractivity contribution in [3.63, 3.8) is 0 Å². The van der Waals surface area contributed by atoms with Crippen LogP contribution in [0.15, 0.2) is 22.3 Å². The minimum absolute atomic E-state index is 0.276. The Balaban J connectivity index is 1.73. The zero-order chi connectivity index (χ0) is 34.0. The van der Waals surface area contributed by atoms with Gasteiger partial charge in [-0.15, -0.1) is 0 Å².